The molecule has 0 aliphatic heterocycles. The highest BCUT2D eigenvalue weighted by atomic mass is 16.5. The molecule has 6 nitrogen and oxygen atoms in total. The number of amides is 1. The third kappa shape index (κ3) is 7.67. The van der Waals surface area contributed by atoms with Gasteiger partial charge in [-0.1, -0.05) is 19.1 Å². The molecule has 0 saturated heterocycles. The van der Waals surface area contributed by atoms with Crippen molar-refractivity contribution in [3.05, 3.63) is 35.4 Å². The van der Waals surface area contributed by atoms with Gasteiger partial charge in [0.2, 0.25) is 0 Å². The van der Waals surface area contributed by atoms with Crippen LogP contribution >= 0.6 is 0 Å². The highest BCUT2D eigenvalue weighted by Gasteiger charge is 2.07. The molecule has 0 atom stereocenters. The molecule has 0 unspecified atom stereocenters. The topological polar surface area (TPSA) is 81.7 Å². The second-order valence-electron chi connectivity index (χ2n) is 4.98. The number of rotatable bonds is 11. The van der Waals surface area contributed by atoms with Crippen LogP contribution in [-0.4, -0.2) is 50.4 Å². The van der Waals surface area contributed by atoms with Crippen molar-refractivity contribution in [3.8, 4) is 0 Å². The zero-order chi connectivity index (χ0) is 17.1. The molecule has 6 heteroatoms. The Morgan fingerprint density at radius 3 is 2.17 bits per heavy atom. The monoisotopic (exact) mass is 321 g/mol. The van der Waals surface area contributed by atoms with Crippen LogP contribution in [0, 0.1) is 0 Å². The van der Waals surface area contributed by atoms with Crippen molar-refractivity contribution in [3.63, 3.8) is 0 Å². The van der Waals surface area contributed by atoms with Crippen molar-refractivity contribution in [2.75, 3.05) is 33.0 Å². The second kappa shape index (κ2) is 10.6. The number of carbonyl (C=O) groups excluding carboxylic acids is 3. The first-order valence-electron chi connectivity index (χ1n) is 7.61. The average molecular weight is 321 g/mol. The molecule has 0 aliphatic rings. The fraction of sp³-hybridized carbons (Fsp3) is 0.471. The van der Waals surface area contributed by atoms with Crippen LogP contribution in [-0.2, 0) is 14.3 Å². The molecule has 0 bridgehead atoms. The Kier molecular flexibility index (Phi) is 8.79. The van der Waals surface area contributed by atoms with Gasteiger partial charge in [-0.3, -0.25) is 14.4 Å². The van der Waals surface area contributed by atoms with E-state index in [9.17, 15) is 14.4 Å². The molecular weight excluding hydrogens is 298 g/mol. The lowest BCUT2D eigenvalue weighted by Gasteiger charge is -2.07. The van der Waals surface area contributed by atoms with Crippen LogP contribution in [0.2, 0.25) is 0 Å². The molecule has 0 radical (unpaired) electrons. The summed E-state index contributed by atoms with van der Waals surface area (Å²) in [6.45, 7) is 4.81. The summed E-state index contributed by atoms with van der Waals surface area (Å²) in [6.07, 6.45) is 0.443. The van der Waals surface area contributed by atoms with Crippen molar-refractivity contribution in [1.82, 2.24) is 5.32 Å². The minimum atomic E-state index is -0.211. The molecule has 1 aromatic carbocycles. The van der Waals surface area contributed by atoms with E-state index in [4.69, 9.17) is 9.47 Å². The Hall–Kier alpha value is -2.05. The van der Waals surface area contributed by atoms with Gasteiger partial charge >= 0.3 is 0 Å². The third-order valence-electron chi connectivity index (χ3n) is 3.00. The second-order valence-corrected chi connectivity index (χ2v) is 4.98. The summed E-state index contributed by atoms with van der Waals surface area (Å²) >= 11 is 0. The molecular formula is C17H23NO5. The van der Waals surface area contributed by atoms with Gasteiger partial charge in [-0.15, -0.1) is 0 Å². The Labute approximate surface area is 136 Å². The van der Waals surface area contributed by atoms with Crippen LogP contribution in [0.15, 0.2) is 24.3 Å². The van der Waals surface area contributed by atoms with E-state index in [0.717, 1.165) is 0 Å². The number of Topliss-reactive ketones (excluding diaryl/α,β-unsaturated/α-hetero) is 2. The maximum absolute atomic E-state index is 11.9. The van der Waals surface area contributed by atoms with Crippen LogP contribution < -0.4 is 5.32 Å². The molecule has 1 N–H and O–H groups in total. The molecule has 0 aliphatic carbocycles. The van der Waals surface area contributed by atoms with Crippen LogP contribution in [0.5, 0.6) is 0 Å². The highest BCUT2D eigenvalue weighted by molar-refractivity contribution is 5.98. The van der Waals surface area contributed by atoms with E-state index in [1.54, 1.807) is 31.2 Å². The molecule has 0 spiro atoms. The van der Waals surface area contributed by atoms with Gasteiger partial charge < -0.3 is 14.8 Å². The van der Waals surface area contributed by atoms with Crippen LogP contribution in [0.3, 0.4) is 0 Å². The molecule has 0 saturated carbocycles. The van der Waals surface area contributed by atoms with Crippen LogP contribution in [0.1, 0.15) is 41.0 Å². The number of carbonyl (C=O) groups is 3. The number of ketones is 2. The quantitative estimate of drug-likeness (QED) is 0.495. The van der Waals surface area contributed by atoms with E-state index in [1.165, 1.54) is 6.92 Å². The third-order valence-corrected chi connectivity index (χ3v) is 3.00. The summed E-state index contributed by atoms with van der Waals surface area (Å²) in [5, 5.41) is 2.73. The molecule has 1 amide bonds. The summed E-state index contributed by atoms with van der Waals surface area (Å²) in [7, 11) is 0. The lowest BCUT2D eigenvalue weighted by molar-refractivity contribution is -0.121. The fourth-order valence-electron chi connectivity index (χ4n) is 1.79. The Balaban J connectivity index is 2.19. The summed E-state index contributed by atoms with van der Waals surface area (Å²) < 4.78 is 10.3. The highest BCUT2D eigenvalue weighted by Crippen LogP contribution is 2.06. The van der Waals surface area contributed by atoms with Gasteiger partial charge in [-0.05, 0) is 19.1 Å². The van der Waals surface area contributed by atoms with Gasteiger partial charge in [0.1, 0.15) is 6.61 Å². The van der Waals surface area contributed by atoms with Crippen LogP contribution in [0.25, 0.3) is 0 Å². The molecule has 1 rings (SSSR count). The fourth-order valence-corrected chi connectivity index (χ4v) is 1.79. The smallest absolute Gasteiger partial charge is 0.251 e. The first kappa shape index (κ1) is 19.0. The van der Waals surface area contributed by atoms with E-state index >= 15 is 0 Å². The number of nitrogens with one attached hydrogen (secondary N) is 1. The lowest BCUT2D eigenvalue weighted by Crippen LogP contribution is -2.27. The predicted molar refractivity (Wildman–Crippen MR) is 85.7 cm³/mol. The first-order valence-corrected chi connectivity index (χ1v) is 7.61. The lowest BCUT2D eigenvalue weighted by atomic mass is 10.1. The van der Waals surface area contributed by atoms with E-state index in [-0.39, 0.29) is 24.1 Å². The molecule has 23 heavy (non-hydrogen) atoms. The van der Waals surface area contributed by atoms with Crippen LogP contribution in [0.4, 0.5) is 0 Å². The van der Waals surface area contributed by atoms with Crippen molar-refractivity contribution in [2.24, 2.45) is 0 Å². The summed E-state index contributed by atoms with van der Waals surface area (Å²) in [5.74, 6) is -0.182. The van der Waals surface area contributed by atoms with Gasteiger partial charge in [0.05, 0.1) is 19.8 Å². The summed E-state index contributed by atoms with van der Waals surface area (Å²) in [4.78, 5) is 34.0. The molecule has 0 fully saturated rings. The Bertz CT molecular complexity index is 524. The largest absolute Gasteiger partial charge is 0.377 e. The number of hydrogen-bond donors (Lipinski definition) is 1. The summed E-state index contributed by atoms with van der Waals surface area (Å²) in [5.41, 5.74) is 1.11. The maximum Gasteiger partial charge on any atom is 0.251 e. The minimum Gasteiger partial charge on any atom is -0.377 e. The van der Waals surface area contributed by atoms with Gasteiger partial charge in [0.15, 0.2) is 11.6 Å². The van der Waals surface area contributed by atoms with Crippen molar-refractivity contribution < 1.29 is 23.9 Å². The van der Waals surface area contributed by atoms with Gasteiger partial charge in [-0.2, -0.15) is 0 Å². The molecule has 1 aromatic rings. The maximum atomic E-state index is 11.9. The van der Waals surface area contributed by atoms with E-state index in [0.29, 0.717) is 43.9 Å². The number of ether oxygens (including phenoxy) is 2. The van der Waals surface area contributed by atoms with Gasteiger partial charge in [-0.25, -0.2) is 0 Å². The summed E-state index contributed by atoms with van der Waals surface area (Å²) in [6, 6.07) is 6.58. The van der Waals surface area contributed by atoms with E-state index in [1.807, 2.05) is 0 Å². The SMILES string of the molecule is CCC(=O)c1ccc(C(=O)NCCOCCOCC(C)=O)cc1. The molecule has 0 aromatic heterocycles. The van der Waals surface area contributed by atoms with Gasteiger partial charge in [0.25, 0.3) is 5.91 Å². The van der Waals surface area contributed by atoms with E-state index < -0.39 is 0 Å². The zero-order valence-electron chi connectivity index (χ0n) is 13.6. The molecule has 0 heterocycles. The average Bonchev–Trinajstić information content (AvgIpc) is 2.56. The molecule has 126 valence electrons. The predicted octanol–water partition coefficient (Wildman–Crippen LogP) is 1.63. The Morgan fingerprint density at radius 1 is 0.957 bits per heavy atom. The van der Waals surface area contributed by atoms with E-state index in [2.05, 4.69) is 5.32 Å². The Morgan fingerprint density at radius 2 is 1.57 bits per heavy atom. The van der Waals surface area contributed by atoms with Crippen molar-refractivity contribution in [2.45, 2.75) is 20.3 Å². The normalized spacial score (nSPS) is 10.3. The van der Waals surface area contributed by atoms with Crippen molar-refractivity contribution in [1.29, 1.82) is 0 Å². The van der Waals surface area contributed by atoms with Crippen molar-refractivity contribution >= 4 is 17.5 Å². The standard InChI is InChI=1S/C17H23NO5/c1-3-16(20)14-4-6-15(7-5-14)17(21)18-8-9-22-10-11-23-12-13(2)19/h4-7H,3,8-12H2,1-2H3,(H,18,21). The van der Waals surface area contributed by atoms with Gasteiger partial charge in [0, 0.05) is 24.1 Å². The minimum absolute atomic E-state index is 0.0241. The first-order chi connectivity index (χ1) is 11.0. The number of hydrogen-bond acceptors (Lipinski definition) is 5. The number of benzene rings is 1. The zero-order valence-corrected chi connectivity index (χ0v) is 13.6.